The van der Waals surface area contributed by atoms with Crippen LogP contribution in [0.25, 0.3) is 0 Å². The van der Waals surface area contributed by atoms with Crippen LogP contribution in [0.3, 0.4) is 0 Å². The number of benzene rings is 2. The van der Waals surface area contributed by atoms with Crippen LogP contribution in [0.1, 0.15) is 35.6 Å². The van der Waals surface area contributed by atoms with E-state index in [-0.39, 0.29) is 6.04 Å². The molecule has 0 aromatic heterocycles. The number of hydrogen-bond donors (Lipinski definition) is 1. The van der Waals surface area contributed by atoms with E-state index >= 15 is 0 Å². The summed E-state index contributed by atoms with van der Waals surface area (Å²) in [7, 11) is 0. The van der Waals surface area contributed by atoms with Gasteiger partial charge in [0.15, 0.2) is 0 Å². The van der Waals surface area contributed by atoms with Crippen molar-refractivity contribution in [1.29, 1.82) is 0 Å². The number of carboxylic acid groups (broad SMARTS) is 1. The molecular weight excluding hydrogens is 423 g/mol. The molecular formula is C20H19BrF3NO2. The molecule has 1 N–H and O–H groups in total. The minimum absolute atomic E-state index is 0.299. The zero-order valence-corrected chi connectivity index (χ0v) is 16.0. The van der Waals surface area contributed by atoms with Crippen LogP contribution >= 0.6 is 15.9 Å². The van der Waals surface area contributed by atoms with Crippen molar-refractivity contribution in [2.75, 3.05) is 13.1 Å². The van der Waals surface area contributed by atoms with Crippen molar-refractivity contribution in [2.45, 2.75) is 25.1 Å². The van der Waals surface area contributed by atoms with Gasteiger partial charge in [-0.15, -0.1) is 0 Å². The number of rotatable bonds is 4. The Morgan fingerprint density at radius 3 is 2.44 bits per heavy atom. The van der Waals surface area contributed by atoms with Crippen molar-refractivity contribution >= 4 is 21.9 Å². The van der Waals surface area contributed by atoms with E-state index in [4.69, 9.17) is 0 Å². The molecule has 1 saturated heterocycles. The van der Waals surface area contributed by atoms with E-state index in [2.05, 4.69) is 15.9 Å². The van der Waals surface area contributed by atoms with Gasteiger partial charge >= 0.3 is 12.1 Å². The number of carbonyl (C=O) groups is 1. The standard InChI is InChI=1S/C20H19BrF3NO2/c21-17-5-1-3-14(11-17)18(25-10-2-4-15(12-25)19(26)27)13-6-8-16(9-7-13)20(22,23)24/h1,3,5-9,11,15,18H,2,4,10,12H2,(H,26,27). The number of halogens is 4. The molecule has 2 atom stereocenters. The third-order valence-electron chi connectivity index (χ3n) is 4.89. The summed E-state index contributed by atoms with van der Waals surface area (Å²) in [6.45, 7) is 1.06. The van der Waals surface area contributed by atoms with Gasteiger partial charge in [-0.1, -0.05) is 40.2 Å². The van der Waals surface area contributed by atoms with Gasteiger partial charge in [0.2, 0.25) is 0 Å². The van der Waals surface area contributed by atoms with Gasteiger partial charge in [-0.2, -0.15) is 13.2 Å². The summed E-state index contributed by atoms with van der Waals surface area (Å²) < 4.78 is 39.6. The second-order valence-electron chi connectivity index (χ2n) is 6.75. The average molecular weight is 442 g/mol. The Bertz CT molecular complexity index is 808. The highest BCUT2D eigenvalue weighted by atomic mass is 79.9. The molecule has 2 aromatic rings. The van der Waals surface area contributed by atoms with Gasteiger partial charge in [0.05, 0.1) is 17.5 Å². The first-order valence-electron chi connectivity index (χ1n) is 8.65. The molecule has 2 unspecified atom stereocenters. The van der Waals surface area contributed by atoms with Crippen molar-refractivity contribution in [3.63, 3.8) is 0 Å². The van der Waals surface area contributed by atoms with E-state index in [0.29, 0.717) is 25.1 Å². The monoisotopic (exact) mass is 441 g/mol. The van der Waals surface area contributed by atoms with E-state index in [1.54, 1.807) is 0 Å². The normalized spacial score (nSPS) is 19.6. The lowest BCUT2D eigenvalue weighted by Crippen LogP contribution is -2.41. The Balaban J connectivity index is 1.99. The lowest BCUT2D eigenvalue weighted by atomic mass is 9.91. The summed E-state index contributed by atoms with van der Waals surface area (Å²) in [5, 5.41) is 9.39. The zero-order chi connectivity index (χ0) is 19.6. The highest BCUT2D eigenvalue weighted by molar-refractivity contribution is 9.10. The third-order valence-corrected chi connectivity index (χ3v) is 5.38. The first-order chi connectivity index (χ1) is 12.8. The van der Waals surface area contributed by atoms with Crippen LogP contribution in [0.2, 0.25) is 0 Å². The second kappa shape index (κ2) is 8.02. The lowest BCUT2D eigenvalue weighted by molar-refractivity contribution is -0.144. The quantitative estimate of drug-likeness (QED) is 0.694. The van der Waals surface area contributed by atoms with Gasteiger partial charge in [0, 0.05) is 11.0 Å². The fourth-order valence-corrected chi connectivity index (χ4v) is 4.00. The molecule has 0 bridgehead atoms. The Morgan fingerprint density at radius 2 is 1.85 bits per heavy atom. The molecule has 1 fully saturated rings. The highest BCUT2D eigenvalue weighted by Crippen LogP contribution is 2.36. The summed E-state index contributed by atoms with van der Waals surface area (Å²) in [6.07, 6.45) is -3.03. The summed E-state index contributed by atoms with van der Waals surface area (Å²) in [4.78, 5) is 13.5. The van der Waals surface area contributed by atoms with Crippen molar-refractivity contribution < 1.29 is 23.1 Å². The molecule has 0 spiro atoms. The molecule has 1 aliphatic heterocycles. The number of hydrogen-bond acceptors (Lipinski definition) is 2. The van der Waals surface area contributed by atoms with Gasteiger partial charge in [-0.05, 0) is 54.8 Å². The molecule has 0 radical (unpaired) electrons. The average Bonchev–Trinajstić information content (AvgIpc) is 2.62. The number of aliphatic carboxylic acids is 1. The van der Waals surface area contributed by atoms with Crippen molar-refractivity contribution in [2.24, 2.45) is 5.92 Å². The number of alkyl halides is 3. The molecule has 3 nitrogen and oxygen atoms in total. The number of likely N-dealkylation sites (tertiary alicyclic amines) is 1. The first kappa shape index (κ1) is 19.9. The van der Waals surface area contributed by atoms with Crippen LogP contribution in [0.5, 0.6) is 0 Å². The van der Waals surface area contributed by atoms with E-state index in [0.717, 1.165) is 28.6 Å². The first-order valence-corrected chi connectivity index (χ1v) is 9.44. The Hall–Kier alpha value is -1.86. The van der Waals surface area contributed by atoms with E-state index in [1.165, 1.54) is 12.1 Å². The number of carboxylic acids is 1. The van der Waals surface area contributed by atoms with E-state index in [9.17, 15) is 23.1 Å². The fraction of sp³-hybridized carbons (Fsp3) is 0.350. The largest absolute Gasteiger partial charge is 0.481 e. The molecule has 3 rings (SSSR count). The zero-order valence-electron chi connectivity index (χ0n) is 14.4. The minimum atomic E-state index is -4.39. The molecule has 0 amide bonds. The smallest absolute Gasteiger partial charge is 0.416 e. The van der Waals surface area contributed by atoms with Crippen LogP contribution in [-0.2, 0) is 11.0 Å². The van der Waals surface area contributed by atoms with Gasteiger partial charge in [-0.3, -0.25) is 9.69 Å². The maximum atomic E-state index is 12.9. The molecule has 0 saturated carbocycles. The molecule has 7 heteroatoms. The topological polar surface area (TPSA) is 40.5 Å². The molecule has 2 aromatic carbocycles. The van der Waals surface area contributed by atoms with Gasteiger partial charge < -0.3 is 5.11 Å². The lowest BCUT2D eigenvalue weighted by Gasteiger charge is -2.37. The molecule has 27 heavy (non-hydrogen) atoms. The van der Waals surface area contributed by atoms with Crippen LogP contribution < -0.4 is 0 Å². The summed E-state index contributed by atoms with van der Waals surface area (Å²) in [5.74, 6) is -1.30. The minimum Gasteiger partial charge on any atom is -0.481 e. The van der Waals surface area contributed by atoms with Crippen LogP contribution in [-0.4, -0.2) is 29.1 Å². The molecule has 144 valence electrons. The molecule has 1 aliphatic rings. The van der Waals surface area contributed by atoms with E-state index in [1.807, 2.05) is 29.2 Å². The second-order valence-corrected chi connectivity index (χ2v) is 7.67. The third kappa shape index (κ3) is 4.71. The molecule has 0 aliphatic carbocycles. The van der Waals surface area contributed by atoms with Gasteiger partial charge in [0.25, 0.3) is 0 Å². The maximum Gasteiger partial charge on any atom is 0.416 e. The number of piperidine rings is 1. The summed E-state index contributed by atoms with van der Waals surface area (Å²) in [6, 6.07) is 12.4. The Labute approximate surface area is 163 Å². The van der Waals surface area contributed by atoms with Crippen molar-refractivity contribution in [1.82, 2.24) is 4.90 Å². The van der Waals surface area contributed by atoms with Crippen molar-refractivity contribution in [3.05, 3.63) is 69.7 Å². The van der Waals surface area contributed by atoms with Crippen LogP contribution in [0.4, 0.5) is 13.2 Å². The number of nitrogens with zero attached hydrogens (tertiary/aromatic N) is 1. The van der Waals surface area contributed by atoms with E-state index < -0.39 is 23.6 Å². The molecule has 1 heterocycles. The summed E-state index contributed by atoms with van der Waals surface area (Å²) >= 11 is 3.44. The maximum absolute atomic E-state index is 12.9. The predicted molar refractivity (Wildman–Crippen MR) is 99.4 cm³/mol. The Kier molecular flexibility index (Phi) is 5.91. The SMILES string of the molecule is O=C(O)C1CCCN(C(c2ccc(C(F)(F)F)cc2)c2cccc(Br)c2)C1. The summed E-state index contributed by atoms with van der Waals surface area (Å²) in [5.41, 5.74) is 0.934. The predicted octanol–water partition coefficient (Wildman–Crippen LogP) is 5.35. The Morgan fingerprint density at radius 1 is 1.15 bits per heavy atom. The van der Waals surface area contributed by atoms with Crippen LogP contribution in [0, 0.1) is 5.92 Å². The fourth-order valence-electron chi connectivity index (χ4n) is 3.59. The van der Waals surface area contributed by atoms with Crippen molar-refractivity contribution in [3.8, 4) is 0 Å². The highest BCUT2D eigenvalue weighted by Gasteiger charge is 2.33. The van der Waals surface area contributed by atoms with Gasteiger partial charge in [-0.25, -0.2) is 0 Å². The van der Waals surface area contributed by atoms with Gasteiger partial charge in [0.1, 0.15) is 0 Å². The van der Waals surface area contributed by atoms with Crippen LogP contribution in [0.15, 0.2) is 53.0 Å².